The maximum absolute atomic E-state index is 9.71. The first-order chi connectivity index (χ1) is 5.79. The highest BCUT2D eigenvalue weighted by molar-refractivity contribution is 5.51. The van der Waals surface area contributed by atoms with E-state index < -0.39 is 5.03 Å². The molecule has 0 aliphatic carbocycles. The van der Waals surface area contributed by atoms with Crippen LogP contribution in [0.4, 0.5) is 5.69 Å². The summed E-state index contributed by atoms with van der Waals surface area (Å²) < 4.78 is 0. The molecule has 0 fully saturated rings. The summed E-state index contributed by atoms with van der Waals surface area (Å²) in [6.45, 7) is 0. The predicted octanol–water partition coefficient (Wildman–Crippen LogP) is 1.68. The molecule has 1 aromatic carbocycles. The standard InChI is InChI=1S/C7H5N3O2/c11-10(12)9-6-8-7-4-2-1-3-5-7/h1-5H. The number of hydrazone groups is 1. The summed E-state index contributed by atoms with van der Waals surface area (Å²) >= 11 is 0. The van der Waals surface area contributed by atoms with Crippen molar-refractivity contribution >= 4 is 11.7 Å². The number of nitrogens with zero attached hydrogens (tertiary/aromatic N) is 3. The van der Waals surface area contributed by atoms with Crippen LogP contribution in [0.15, 0.2) is 40.4 Å². The first-order valence-electron chi connectivity index (χ1n) is 3.15. The fourth-order valence-electron chi connectivity index (χ4n) is 0.619. The third-order valence-corrected chi connectivity index (χ3v) is 1.06. The van der Waals surface area contributed by atoms with E-state index in [-0.39, 0.29) is 0 Å². The molecule has 0 heterocycles. The second-order valence-corrected chi connectivity index (χ2v) is 1.89. The van der Waals surface area contributed by atoms with Crippen molar-refractivity contribution in [2.24, 2.45) is 10.1 Å². The van der Waals surface area contributed by atoms with Crippen molar-refractivity contribution in [1.82, 2.24) is 0 Å². The monoisotopic (exact) mass is 163 g/mol. The van der Waals surface area contributed by atoms with Crippen molar-refractivity contribution < 1.29 is 5.03 Å². The number of hydrogen-bond donors (Lipinski definition) is 0. The Hall–Kier alpha value is -2.00. The van der Waals surface area contributed by atoms with E-state index in [0.717, 1.165) is 0 Å². The van der Waals surface area contributed by atoms with Crippen LogP contribution in [0, 0.1) is 10.1 Å². The first-order valence-corrected chi connectivity index (χ1v) is 3.15. The molecule has 0 radical (unpaired) electrons. The Kier molecular flexibility index (Phi) is 2.70. The number of benzene rings is 1. The zero-order valence-corrected chi connectivity index (χ0v) is 6.04. The van der Waals surface area contributed by atoms with E-state index >= 15 is 0 Å². The summed E-state index contributed by atoms with van der Waals surface area (Å²) in [4.78, 5) is 13.3. The Balaban J connectivity index is 2.77. The number of aliphatic imine (C=N–C) groups is 1. The molecule has 5 nitrogen and oxygen atoms in total. The van der Waals surface area contributed by atoms with Crippen LogP contribution in [0.5, 0.6) is 0 Å². The summed E-state index contributed by atoms with van der Waals surface area (Å²) in [5.74, 6) is 0. The van der Waals surface area contributed by atoms with Gasteiger partial charge >= 0.3 is 0 Å². The summed E-state index contributed by atoms with van der Waals surface area (Å²) in [7, 11) is 0. The van der Waals surface area contributed by atoms with Gasteiger partial charge in [-0.3, -0.25) is 0 Å². The number of rotatable bonds is 2. The summed E-state index contributed by atoms with van der Waals surface area (Å²) in [5, 5.41) is 11.6. The Labute approximate surface area is 68.2 Å². The molecule has 0 saturated carbocycles. The van der Waals surface area contributed by atoms with Crippen molar-refractivity contribution in [2.45, 2.75) is 0 Å². The van der Waals surface area contributed by atoms with Crippen LogP contribution in [-0.2, 0) is 0 Å². The topological polar surface area (TPSA) is 67.9 Å². The van der Waals surface area contributed by atoms with E-state index in [9.17, 15) is 10.1 Å². The number of hydrogen-bond acceptors (Lipinski definition) is 3. The average molecular weight is 163 g/mol. The van der Waals surface area contributed by atoms with Crippen molar-refractivity contribution in [1.29, 1.82) is 0 Å². The van der Waals surface area contributed by atoms with Gasteiger partial charge in [0.15, 0.2) is 6.01 Å². The molecule has 0 aromatic heterocycles. The lowest BCUT2D eigenvalue weighted by molar-refractivity contribution is -0.484. The Morgan fingerprint density at radius 1 is 1.33 bits per heavy atom. The van der Waals surface area contributed by atoms with Crippen molar-refractivity contribution in [3.63, 3.8) is 0 Å². The van der Waals surface area contributed by atoms with Crippen LogP contribution in [-0.4, -0.2) is 11.0 Å². The second kappa shape index (κ2) is 4.00. The quantitative estimate of drug-likeness (QED) is 0.378. The molecule has 0 bridgehead atoms. The van der Waals surface area contributed by atoms with Gasteiger partial charge in [-0.15, -0.1) is 0 Å². The zero-order chi connectivity index (χ0) is 8.81. The highest BCUT2D eigenvalue weighted by atomic mass is 16.7. The molecule has 0 N–H and O–H groups in total. The molecule has 12 heavy (non-hydrogen) atoms. The number of para-hydroxylation sites is 1. The molecule has 0 amide bonds. The van der Waals surface area contributed by atoms with Crippen molar-refractivity contribution in [2.75, 3.05) is 0 Å². The van der Waals surface area contributed by atoms with E-state index in [1.807, 2.05) is 12.1 Å². The lowest BCUT2D eigenvalue weighted by Crippen LogP contribution is -1.80. The van der Waals surface area contributed by atoms with Crippen molar-refractivity contribution in [3.8, 4) is 0 Å². The molecule has 0 aliphatic rings. The van der Waals surface area contributed by atoms with Gasteiger partial charge in [0.2, 0.25) is 5.03 Å². The summed E-state index contributed by atoms with van der Waals surface area (Å²) in [6, 6.07) is 10.7. The van der Waals surface area contributed by atoms with Crippen LogP contribution in [0.2, 0.25) is 0 Å². The SMILES string of the molecule is O=[N+]([O-])N=C=Nc1ccccc1. The smallest absolute Gasteiger partial charge is 0.201 e. The van der Waals surface area contributed by atoms with Gasteiger partial charge < -0.3 is 0 Å². The summed E-state index contributed by atoms with van der Waals surface area (Å²) in [5.41, 5.74) is 0.586. The van der Waals surface area contributed by atoms with Crippen LogP contribution in [0.1, 0.15) is 0 Å². The molecule has 0 spiro atoms. The molecule has 1 aromatic rings. The Bertz CT molecular complexity index is 328. The molecule has 0 saturated heterocycles. The fraction of sp³-hybridized carbons (Fsp3) is 0. The minimum Gasteiger partial charge on any atom is -0.232 e. The number of nitro groups is 1. The molecule has 60 valence electrons. The molecular formula is C7H5N3O2. The van der Waals surface area contributed by atoms with E-state index in [1.54, 1.807) is 24.3 Å². The summed E-state index contributed by atoms with van der Waals surface area (Å²) in [6.07, 6.45) is 0. The Morgan fingerprint density at radius 2 is 2.00 bits per heavy atom. The molecule has 0 unspecified atom stereocenters. The largest absolute Gasteiger partial charge is 0.232 e. The third-order valence-electron chi connectivity index (χ3n) is 1.06. The van der Waals surface area contributed by atoms with Gasteiger partial charge in [0.05, 0.1) is 5.69 Å². The van der Waals surface area contributed by atoms with E-state index in [1.165, 1.54) is 0 Å². The molecule has 1 rings (SSSR count). The van der Waals surface area contributed by atoms with E-state index in [4.69, 9.17) is 0 Å². The normalized spacial score (nSPS) is 8.33. The molecule has 5 heteroatoms. The lowest BCUT2D eigenvalue weighted by atomic mass is 10.3. The molecule has 0 aliphatic heterocycles. The van der Waals surface area contributed by atoms with E-state index in [2.05, 4.69) is 10.1 Å². The first kappa shape index (κ1) is 8.10. The van der Waals surface area contributed by atoms with Crippen LogP contribution in [0.25, 0.3) is 0 Å². The van der Waals surface area contributed by atoms with Gasteiger partial charge in [0.1, 0.15) is 5.10 Å². The van der Waals surface area contributed by atoms with Gasteiger partial charge in [-0.05, 0) is 12.1 Å². The minimum atomic E-state index is -0.855. The van der Waals surface area contributed by atoms with Crippen LogP contribution < -0.4 is 0 Å². The van der Waals surface area contributed by atoms with Crippen LogP contribution in [0.3, 0.4) is 0 Å². The second-order valence-electron chi connectivity index (χ2n) is 1.89. The van der Waals surface area contributed by atoms with Gasteiger partial charge in [-0.1, -0.05) is 18.2 Å². The van der Waals surface area contributed by atoms with E-state index in [0.29, 0.717) is 5.69 Å². The maximum atomic E-state index is 9.71. The molecular weight excluding hydrogens is 158 g/mol. The fourth-order valence-corrected chi connectivity index (χ4v) is 0.619. The van der Waals surface area contributed by atoms with Gasteiger partial charge in [-0.2, -0.15) is 4.99 Å². The zero-order valence-electron chi connectivity index (χ0n) is 6.04. The third kappa shape index (κ3) is 2.72. The highest BCUT2D eigenvalue weighted by Gasteiger charge is 1.83. The predicted molar refractivity (Wildman–Crippen MR) is 43.0 cm³/mol. The highest BCUT2D eigenvalue weighted by Crippen LogP contribution is 2.07. The average Bonchev–Trinajstić information content (AvgIpc) is 2.05. The molecule has 0 atom stereocenters. The van der Waals surface area contributed by atoms with Gasteiger partial charge in [0.25, 0.3) is 0 Å². The Morgan fingerprint density at radius 3 is 2.58 bits per heavy atom. The maximum Gasteiger partial charge on any atom is 0.201 e. The minimum absolute atomic E-state index is 0.586. The van der Waals surface area contributed by atoms with Crippen LogP contribution >= 0.6 is 0 Å². The lowest BCUT2D eigenvalue weighted by Gasteiger charge is -1.84. The van der Waals surface area contributed by atoms with Gasteiger partial charge in [-0.25, -0.2) is 10.1 Å². The van der Waals surface area contributed by atoms with Gasteiger partial charge in [0, 0.05) is 0 Å². The van der Waals surface area contributed by atoms with Crippen molar-refractivity contribution in [3.05, 3.63) is 40.4 Å².